The Bertz CT molecular complexity index is 2290. The Morgan fingerprint density at radius 3 is 1.38 bits per heavy atom. The first-order chi connectivity index (χ1) is 38.8. The van der Waals surface area contributed by atoms with Crippen molar-refractivity contribution in [1.82, 2.24) is 56.0 Å². The molecule has 1 heterocycles. The molecule has 1 fully saturated rings. The number of hydrogen-bond donors (Lipinski definition) is 6. The summed E-state index contributed by atoms with van der Waals surface area (Å²) >= 11 is 0. The smallest absolute Gasteiger partial charge is 0.246 e. The Morgan fingerprint density at radius 1 is 0.464 bits per heavy atom. The van der Waals surface area contributed by atoms with E-state index in [4.69, 9.17) is 0 Å². The van der Waals surface area contributed by atoms with Gasteiger partial charge in [-0.2, -0.15) is 0 Å². The third-order valence-corrected chi connectivity index (χ3v) is 15.6. The largest absolute Gasteiger partial charge is 0.390 e. The van der Waals surface area contributed by atoms with E-state index in [1.54, 1.807) is 60.6 Å². The van der Waals surface area contributed by atoms with Crippen molar-refractivity contribution in [3.8, 4) is 0 Å². The Hall–Kier alpha value is -6.13. The summed E-state index contributed by atoms with van der Waals surface area (Å²) in [4.78, 5) is 166. The summed E-state index contributed by atoms with van der Waals surface area (Å²) in [6, 6.07) is -12.4. The lowest BCUT2D eigenvalue weighted by Crippen LogP contribution is -2.63. The van der Waals surface area contributed by atoms with Crippen LogP contribution in [-0.4, -0.2) is 215 Å². The number of amides is 11. The van der Waals surface area contributed by atoms with Gasteiger partial charge < -0.3 is 61.1 Å². The number of rotatable bonds is 15. The van der Waals surface area contributed by atoms with Crippen molar-refractivity contribution in [3.63, 3.8) is 0 Å². The molecular weight excluding hydrogens is 1080 g/mol. The summed E-state index contributed by atoms with van der Waals surface area (Å²) in [5.74, 6) is -9.86. The van der Waals surface area contributed by atoms with Gasteiger partial charge in [-0.25, -0.2) is 0 Å². The lowest BCUT2D eigenvalue weighted by molar-refractivity contribution is -0.157. The first-order valence-electron chi connectivity index (χ1n) is 30.2. The van der Waals surface area contributed by atoms with Gasteiger partial charge in [0, 0.05) is 42.3 Å². The lowest BCUT2D eigenvalue weighted by atomic mass is 9.91. The maximum Gasteiger partial charge on any atom is 0.246 e. The minimum Gasteiger partial charge on any atom is -0.390 e. The predicted molar refractivity (Wildman–Crippen MR) is 324 cm³/mol. The van der Waals surface area contributed by atoms with Crippen molar-refractivity contribution < 1.29 is 57.8 Å². The fraction of sp³-hybridized carbons (Fsp3) is 0.787. The summed E-state index contributed by atoms with van der Waals surface area (Å²) in [5, 5.41) is 25.7. The van der Waals surface area contributed by atoms with Gasteiger partial charge in [-0.1, -0.05) is 109 Å². The molecule has 1 aliphatic rings. The highest BCUT2D eigenvalue weighted by molar-refractivity contribution is 5.99. The molecule has 0 aromatic rings. The van der Waals surface area contributed by atoms with Crippen LogP contribution in [-0.2, 0) is 52.7 Å². The van der Waals surface area contributed by atoms with E-state index in [9.17, 15) is 48.3 Å². The molecule has 11 amide bonds. The molecule has 0 unspecified atom stereocenters. The molecule has 12 atom stereocenters. The molecule has 0 spiro atoms. The highest BCUT2D eigenvalue weighted by Crippen LogP contribution is 2.25. The van der Waals surface area contributed by atoms with Crippen LogP contribution in [0.3, 0.4) is 0 Å². The van der Waals surface area contributed by atoms with Crippen LogP contribution in [0.15, 0.2) is 12.2 Å². The van der Waals surface area contributed by atoms with Crippen LogP contribution in [0.5, 0.6) is 0 Å². The number of aliphatic hydroxyl groups excluding tert-OH is 1. The molecule has 0 aromatic carbocycles. The van der Waals surface area contributed by atoms with Crippen molar-refractivity contribution in [1.29, 1.82) is 0 Å². The number of likely N-dealkylation sites (N-methyl/N-ethyl adjacent to an activating group) is 6. The molecule has 6 N–H and O–H groups in total. The van der Waals surface area contributed by atoms with Crippen LogP contribution in [0, 0.1) is 41.4 Å². The molecule has 1 saturated heterocycles. The van der Waals surface area contributed by atoms with Gasteiger partial charge in [-0.05, 0) is 101 Å². The second kappa shape index (κ2) is 34.7. The fourth-order valence-electron chi connectivity index (χ4n) is 10.5. The Balaban J connectivity index is 4.27. The first kappa shape index (κ1) is 75.9. The highest BCUT2D eigenvalue weighted by Gasteiger charge is 2.45. The second-order valence-electron chi connectivity index (χ2n) is 25.7. The average molecular weight is 1190 g/mol. The Kier molecular flexibility index (Phi) is 31.4. The SMILES string of the molecule is C/C=C/C[C@@H](C)[C@@H](O)[C@H]1C(=O)N[C@@H](CC)C(=O)N(C)CC(=O)N[C@@H](CC(C)C)C(=O)N[C@@H](C(C)C)C(=O)N(C)[C@@H](CC(C)C)C(=O)N[C@@H](C)C(=O)N[C@H](C)C(=O)N(C)[C@@H](CC(C)C)C(=O)N(C)[C@@H](CC(C)C)C(=O)N(C)[C@@H](C(C)C)C(=O)N1C. The van der Waals surface area contributed by atoms with E-state index in [1.807, 2.05) is 55.4 Å². The molecule has 84 heavy (non-hydrogen) atoms. The van der Waals surface area contributed by atoms with Gasteiger partial charge in [0.15, 0.2) is 0 Å². The van der Waals surface area contributed by atoms with E-state index in [1.165, 1.54) is 75.7 Å². The number of allylic oxidation sites excluding steroid dienone is 2. The zero-order valence-corrected chi connectivity index (χ0v) is 55.1. The number of nitrogens with zero attached hydrogens (tertiary/aromatic N) is 6. The van der Waals surface area contributed by atoms with Crippen molar-refractivity contribution in [2.45, 2.75) is 223 Å². The summed E-state index contributed by atoms with van der Waals surface area (Å²) in [5.41, 5.74) is 0. The lowest BCUT2D eigenvalue weighted by Gasteiger charge is -2.41. The maximum atomic E-state index is 15.1. The van der Waals surface area contributed by atoms with E-state index >= 15 is 9.59 Å². The van der Waals surface area contributed by atoms with Gasteiger partial charge in [0.1, 0.15) is 60.4 Å². The second-order valence-corrected chi connectivity index (χ2v) is 25.7. The average Bonchev–Trinajstić information content (AvgIpc) is 3.34. The Labute approximate surface area is 502 Å². The highest BCUT2D eigenvalue weighted by atomic mass is 16.3. The zero-order chi connectivity index (χ0) is 65.1. The van der Waals surface area contributed by atoms with Gasteiger partial charge in [-0.15, -0.1) is 0 Å². The molecule has 1 aliphatic heterocycles. The van der Waals surface area contributed by atoms with Crippen molar-refractivity contribution in [3.05, 3.63) is 12.2 Å². The number of carbonyl (C=O) groups is 11. The number of carbonyl (C=O) groups excluding carboxylic acids is 11. The summed E-state index contributed by atoms with van der Waals surface area (Å²) in [6.07, 6.45) is 3.01. The summed E-state index contributed by atoms with van der Waals surface area (Å²) in [7, 11) is 8.46. The van der Waals surface area contributed by atoms with E-state index < -0.39 is 156 Å². The minimum absolute atomic E-state index is 0.0205. The summed E-state index contributed by atoms with van der Waals surface area (Å²) in [6.45, 7) is 29.2. The van der Waals surface area contributed by atoms with Crippen LogP contribution in [0.4, 0.5) is 0 Å². The molecule has 23 nitrogen and oxygen atoms in total. The van der Waals surface area contributed by atoms with Gasteiger partial charge in [0.25, 0.3) is 0 Å². The monoisotopic (exact) mass is 1190 g/mol. The number of nitrogens with one attached hydrogen (secondary N) is 5. The molecular formula is C61H109N11O12. The standard InChI is InChI=1S/C61H109N11O12/c1-24-26-27-39(15)51(74)50-55(78)65-42(25-2)57(80)67(18)32-47(73)64-43(28-33(3)4)53(76)66-48(37(11)12)60(83)68(19)44(29-34(5)6)54(77)62-40(16)52(75)63-41(17)56(79)69(20)45(30-35(7)8)58(81)70(21)46(31-36(9)10)59(82)71(22)49(38(13)14)61(84)72(50)23/h24,26,33-46,48-51,74H,25,27-32H2,1-23H3,(H,62,77)(H,63,75)(H,64,73)(H,65,78)(H,66,76)/b26-24+/t39-,40+,41-,42+,43+,44+,45+,46+,48+,49+,50+,51-/m1/s1. The van der Waals surface area contributed by atoms with Crippen LogP contribution >= 0.6 is 0 Å². The van der Waals surface area contributed by atoms with Crippen LogP contribution in [0.25, 0.3) is 0 Å². The zero-order valence-electron chi connectivity index (χ0n) is 55.1. The number of hydrogen-bond acceptors (Lipinski definition) is 12. The van der Waals surface area contributed by atoms with Crippen molar-refractivity contribution in [2.24, 2.45) is 41.4 Å². The minimum atomic E-state index is -1.61. The van der Waals surface area contributed by atoms with E-state index in [0.29, 0.717) is 6.42 Å². The van der Waals surface area contributed by atoms with Crippen LogP contribution in [0.2, 0.25) is 0 Å². The quantitative estimate of drug-likeness (QED) is 0.129. The van der Waals surface area contributed by atoms with E-state index in [-0.39, 0.29) is 55.8 Å². The number of aliphatic hydroxyl groups is 1. The van der Waals surface area contributed by atoms with Crippen LogP contribution < -0.4 is 26.6 Å². The Morgan fingerprint density at radius 2 is 0.917 bits per heavy atom. The molecule has 0 aliphatic carbocycles. The molecule has 1 rings (SSSR count). The van der Waals surface area contributed by atoms with Gasteiger partial charge in [-0.3, -0.25) is 52.7 Å². The summed E-state index contributed by atoms with van der Waals surface area (Å²) < 4.78 is 0. The molecule has 0 saturated carbocycles. The third-order valence-electron chi connectivity index (χ3n) is 15.6. The molecule has 480 valence electrons. The van der Waals surface area contributed by atoms with Gasteiger partial charge >= 0.3 is 0 Å². The van der Waals surface area contributed by atoms with Crippen LogP contribution in [0.1, 0.15) is 156 Å². The maximum absolute atomic E-state index is 15.1. The topological polar surface area (TPSA) is 288 Å². The van der Waals surface area contributed by atoms with E-state index in [0.717, 1.165) is 9.80 Å². The van der Waals surface area contributed by atoms with Gasteiger partial charge in [0.2, 0.25) is 65.0 Å². The van der Waals surface area contributed by atoms with Crippen molar-refractivity contribution >= 4 is 65.0 Å². The fourth-order valence-corrected chi connectivity index (χ4v) is 10.5. The van der Waals surface area contributed by atoms with Crippen molar-refractivity contribution in [2.75, 3.05) is 48.8 Å². The molecule has 0 aromatic heterocycles. The van der Waals surface area contributed by atoms with Gasteiger partial charge in [0.05, 0.1) is 12.6 Å². The molecule has 0 radical (unpaired) electrons. The van der Waals surface area contributed by atoms with E-state index in [2.05, 4.69) is 26.6 Å². The molecule has 23 heteroatoms. The molecule has 0 bridgehead atoms. The first-order valence-corrected chi connectivity index (χ1v) is 30.2. The predicted octanol–water partition coefficient (Wildman–Crippen LogP) is 2.93. The normalized spacial score (nSPS) is 27.0. The third kappa shape index (κ3) is 21.7.